The molecule has 1 fully saturated rings. The van der Waals surface area contributed by atoms with Crippen LogP contribution < -0.4 is 0 Å². The second-order valence-electron chi connectivity index (χ2n) is 5.19. The summed E-state index contributed by atoms with van der Waals surface area (Å²) in [4.78, 5) is 2.36. The second kappa shape index (κ2) is 4.92. The van der Waals surface area contributed by atoms with Gasteiger partial charge in [0.15, 0.2) is 0 Å². The molecule has 1 nitrogen and oxygen atoms in total. The van der Waals surface area contributed by atoms with E-state index in [1.165, 1.54) is 12.1 Å². The van der Waals surface area contributed by atoms with Gasteiger partial charge >= 0.3 is 6.18 Å². The summed E-state index contributed by atoms with van der Waals surface area (Å²) < 4.78 is 37.4. The van der Waals surface area contributed by atoms with E-state index in [-0.39, 0.29) is 0 Å². The molecule has 4 heteroatoms. The van der Waals surface area contributed by atoms with Crippen LogP contribution in [0.2, 0.25) is 0 Å². The molecule has 2 rings (SSSR count). The molecule has 0 aromatic heterocycles. The van der Waals surface area contributed by atoms with Crippen LogP contribution in [0.3, 0.4) is 0 Å². The molecule has 1 atom stereocenters. The lowest BCUT2D eigenvalue weighted by molar-refractivity contribution is -0.137. The van der Waals surface area contributed by atoms with Crippen molar-refractivity contribution in [3.63, 3.8) is 0 Å². The van der Waals surface area contributed by atoms with Crippen LogP contribution in [0, 0.1) is 0 Å². The Kier molecular flexibility index (Phi) is 3.66. The summed E-state index contributed by atoms with van der Waals surface area (Å²) in [5, 5.41) is 0. The molecule has 1 unspecified atom stereocenters. The van der Waals surface area contributed by atoms with Gasteiger partial charge in [-0.05, 0) is 50.4 Å². The van der Waals surface area contributed by atoms with E-state index in [1.807, 2.05) is 0 Å². The van der Waals surface area contributed by atoms with Crippen LogP contribution in [0.15, 0.2) is 24.3 Å². The average molecular weight is 257 g/mol. The van der Waals surface area contributed by atoms with Crippen LogP contribution >= 0.6 is 0 Å². The van der Waals surface area contributed by atoms with E-state index in [9.17, 15) is 13.2 Å². The molecule has 0 bridgehead atoms. The van der Waals surface area contributed by atoms with E-state index in [1.54, 1.807) is 12.1 Å². The third kappa shape index (κ3) is 2.86. The maximum atomic E-state index is 12.5. The van der Waals surface area contributed by atoms with Crippen molar-refractivity contribution in [2.75, 3.05) is 13.1 Å². The van der Waals surface area contributed by atoms with Crippen LogP contribution in [0.25, 0.3) is 0 Å². The fraction of sp³-hybridized carbons (Fsp3) is 0.571. The predicted molar refractivity (Wildman–Crippen MR) is 65.5 cm³/mol. The Morgan fingerprint density at radius 1 is 1.17 bits per heavy atom. The Morgan fingerprint density at radius 2 is 1.78 bits per heavy atom. The Labute approximate surface area is 106 Å². The molecular formula is C14H18F3N. The minimum atomic E-state index is -4.24. The minimum absolute atomic E-state index is 0.370. The lowest BCUT2D eigenvalue weighted by atomic mass is 9.97. The molecule has 0 amide bonds. The van der Waals surface area contributed by atoms with E-state index in [2.05, 4.69) is 18.7 Å². The van der Waals surface area contributed by atoms with Crippen molar-refractivity contribution in [3.8, 4) is 0 Å². The number of halogens is 3. The van der Waals surface area contributed by atoms with Gasteiger partial charge in [0, 0.05) is 12.6 Å². The number of benzene rings is 1. The first-order chi connectivity index (χ1) is 8.38. The van der Waals surface area contributed by atoms with Crippen LogP contribution in [-0.2, 0) is 6.18 Å². The highest BCUT2D eigenvalue weighted by Gasteiger charge is 2.31. The van der Waals surface area contributed by atoms with E-state index in [0.717, 1.165) is 25.1 Å². The van der Waals surface area contributed by atoms with E-state index >= 15 is 0 Å². The van der Waals surface area contributed by atoms with Crippen LogP contribution in [0.4, 0.5) is 13.2 Å². The Morgan fingerprint density at radius 3 is 2.22 bits per heavy atom. The number of hydrogen-bond acceptors (Lipinski definition) is 1. The highest BCUT2D eigenvalue weighted by atomic mass is 19.4. The third-order valence-corrected chi connectivity index (χ3v) is 3.66. The topological polar surface area (TPSA) is 3.24 Å². The maximum absolute atomic E-state index is 12.5. The number of hydrogen-bond donors (Lipinski definition) is 0. The van der Waals surface area contributed by atoms with Gasteiger partial charge in [0.25, 0.3) is 0 Å². The summed E-state index contributed by atoms with van der Waals surface area (Å²) in [6, 6.07) is 6.12. The van der Waals surface area contributed by atoms with Gasteiger partial charge in [0.1, 0.15) is 0 Å². The Balaban J connectivity index is 2.07. The van der Waals surface area contributed by atoms with Gasteiger partial charge in [-0.3, -0.25) is 0 Å². The first kappa shape index (κ1) is 13.4. The SMILES string of the molecule is CC(C)N1CCC(c2ccc(C(F)(F)F)cc2)C1. The second-order valence-corrected chi connectivity index (χ2v) is 5.19. The van der Waals surface area contributed by atoms with Gasteiger partial charge in [-0.1, -0.05) is 12.1 Å². The quantitative estimate of drug-likeness (QED) is 0.776. The van der Waals surface area contributed by atoms with Crippen molar-refractivity contribution in [1.82, 2.24) is 4.90 Å². The number of nitrogens with zero attached hydrogens (tertiary/aromatic N) is 1. The normalized spacial score (nSPS) is 21.8. The zero-order valence-corrected chi connectivity index (χ0v) is 10.7. The Hall–Kier alpha value is -1.03. The van der Waals surface area contributed by atoms with Crippen LogP contribution in [-0.4, -0.2) is 24.0 Å². The zero-order valence-electron chi connectivity index (χ0n) is 10.7. The monoisotopic (exact) mass is 257 g/mol. The Bertz CT molecular complexity index is 394. The molecular weight excluding hydrogens is 239 g/mol. The van der Waals surface area contributed by atoms with Gasteiger partial charge in [-0.2, -0.15) is 13.2 Å². The summed E-state index contributed by atoms with van der Waals surface area (Å²) in [7, 11) is 0. The van der Waals surface area contributed by atoms with Crippen LogP contribution in [0.5, 0.6) is 0 Å². The lowest BCUT2D eigenvalue weighted by Crippen LogP contribution is -2.27. The molecule has 1 heterocycles. The van der Waals surface area contributed by atoms with Gasteiger partial charge < -0.3 is 4.90 Å². The molecule has 18 heavy (non-hydrogen) atoms. The summed E-state index contributed by atoms with van der Waals surface area (Å²) in [6.07, 6.45) is -3.21. The molecule has 100 valence electrons. The average Bonchev–Trinajstić information content (AvgIpc) is 2.77. The molecule has 1 aromatic rings. The van der Waals surface area contributed by atoms with Crippen molar-refractivity contribution in [2.24, 2.45) is 0 Å². The van der Waals surface area contributed by atoms with Crippen molar-refractivity contribution in [3.05, 3.63) is 35.4 Å². The molecule has 1 saturated heterocycles. The highest BCUT2D eigenvalue weighted by molar-refractivity contribution is 5.28. The first-order valence-corrected chi connectivity index (χ1v) is 6.29. The van der Waals surface area contributed by atoms with Crippen LogP contribution in [0.1, 0.15) is 37.3 Å². The number of rotatable bonds is 2. The fourth-order valence-electron chi connectivity index (χ4n) is 2.47. The molecule has 0 saturated carbocycles. The molecule has 1 aliphatic heterocycles. The summed E-state index contributed by atoms with van der Waals surface area (Å²) in [5.74, 6) is 0.370. The largest absolute Gasteiger partial charge is 0.416 e. The number of alkyl halides is 3. The van der Waals surface area contributed by atoms with Gasteiger partial charge in [-0.15, -0.1) is 0 Å². The molecule has 0 N–H and O–H groups in total. The van der Waals surface area contributed by atoms with Crippen molar-refractivity contribution >= 4 is 0 Å². The maximum Gasteiger partial charge on any atom is 0.416 e. The standard InChI is InChI=1S/C14H18F3N/c1-10(2)18-8-7-12(9-18)11-3-5-13(6-4-11)14(15,16)17/h3-6,10,12H,7-9H2,1-2H3. The zero-order chi connectivity index (χ0) is 13.3. The van der Waals surface area contributed by atoms with Crippen molar-refractivity contribution < 1.29 is 13.2 Å². The van der Waals surface area contributed by atoms with Gasteiger partial charge in [0.05, 0.1) is 5.56 Å². The molecule has 1 aromatic carbocycles. The van der Waals surface area contributed by atoms with Crippen molar-refractivity contribution in [1.29, 1.82) is 0 Å². The minimum Gasteiger partial charge on any atom is -0.300 e. The van der Waals surface area contributed by atoms with Crippen molar-refractivity contribution in [2.45, 2.75) is 38.4 Å². The van der Waals surface area contributed by atoms with E-state index in [0.29, 0.717) is 12.0 Å². The van der Waals surface area contributed by atoms with Gasteiger partial charge in [-0.25, -0.2) is 0 Å². The summed E-state index contributed by atoms with van der Waals surface area (Å²) >= 11 is 0. The molecule has 0 radical (unpaired) electrons. The van der Waals surface area contributed by atoms with E-state index < -0.39 is 11.7 Å². The van der Waals surface area contributed by atoms with Gasteiger partial charge in [0.2, 0.25) is 0 Å². The smallest absolute Gasteiger partial charge is 0.300 e. The summed E-state index contributed by atoms with van der Waals surface area (Å²) in [5.41, 5.74) is 0.455. The molecule has 0 aliphatic carbocycles. The predicted octanol–water partition coefficient (Wildman–Crippen LogP) is 3.90. The lowest BCUT2D eigenvalue weighted by Gasteiger charge is -2.20. The number of likely N-dealkylation sites (tertiary alicyclic amines) is 1. The molecule has 1 aliphatic rings. The fourth-order valence-corrected chi connectivity index (χ4v) is 2.47. The summed E-state index contributed by atoms with van der Waals surface area (Å²) in [6.45, 7) is 6.27. The molecule has 0 spiro atoms. The highest BCUT2D eigenvalue weighted by Crippen LogP contribution is 2.32. The third-order valence-electron chi connectivity index (χ3n) is 3.66. The first-order valence-electron chi connectivity index (χ1n) is 6.29. The van der Waals surface area contributed by atoms with E-state index in [4.69, 9.17) is 0 Å².